The fourth-order valence-corrected chi connectivity index (χ4v) is 7.61. The van der Waals surface area contributed by atoms with Gasteiger partial charge in [-0.2, -0.15) is 0 Å². The minimum absolute atomic E-state index is 0.235. The summed E-state index contributed by atoms with van der Waals surface area (Å²) in [4.78, 5) is 12.0. The smallest absolute Gasteiger partial charge is 0.309 e. The van der Waals surface area contributed by atoms with E-state index in [0.29, 0.717) is 11.3 Å². The van der Waals surface area contributed by atoms with Crippen LogP contribution in [0.15, 0.2) is 12.2 Å². The second-order valence-electron chi connectivity index (χ2n) is 9.40. The topological polar surface area (TPSA) is 37.3 Å². The Morgan fingerprint density at radius 2 is 1.91 bits per heavy atom. The van der Waals surface area contributed by atoms with Crippen LogP contribution < -0.4 is 0 Å². The van der Waals surface area contributed by atoms with Gasteiger partial charge in [0, 0.05) is 0 Å². The monoisotopic (exact) mass is 302 g/mol. The Balaban J connectivity index is 1.75. The van der Waals surface area contributed by atoms with Gasteiger partial charge in [-0.05, 0) is 86.9 Å². The van der Waals surface area contributed by atoms with E-state index in [0.717, 1.165) is 31.1 Å². The van der Waals surface area contributed by atoms with Crippen molar-refractivity contribution in [3.63, 3.8) is 0 Å². The van der Waals surface area contributed by atoms with Crippen molar-refractivity contribution in [2.75, 3.05) is 0 Å². The molecule has 4 aliphatic carbocycles. The molecule has 4 rings (SSSR count). The predicted molar refractivity (Wildman–Crippen MR) is 87.4 cm³/mol. The SMILES string of the molecule is C=C1CC23CCC4C(C)(C(=O)O)CCC[C@@]4(C)C2CCC1C3. The maximum Gasteiger partial charge on any atom is 0.309 e. The van der Waals surface area contributed by atoms with Crippen LogP contribution in [0.25, 0.3) is 0 Å². The maximum atomic E-state index is 12.0. The van der Waals surface area contributed by atoms with Gasteiger partial charge in [0.2, 0.25) is 0 Å². The fourth-order valence-electron chi connectivity index (χ4n) is 7.61. The maximum absolute atomic E-state index is 12.0. The molecule has 0 radical (unpaired) electrons. The number of hydrogen-bond donors (Lipinski definition) is 1. The van der Waals surface area contributed by atoms with Crippen LogP contribution in [0.1, 0.15) is 71.6 Å². The van der Waals surface area contributed by atoms with Crippen molar-refractivity contribution >= 4 is 5.97 Å². The molecule has 5 unspecified atom stereocenters. The normalized spacial score (nSPS) is 53.7. The van der Waals surface area contributed by atoms with Gasteiger partial charge < -0.3 is 5.11 Å². The second-order valence-corrected chi connectivity index (χ2v) is 9.40. The average molecular weight is 302 g/mol. The lowest BCUT2D eigenvalue weighted by molar-refractivity contribution is -0.181. The minimum atomic E-state index is -0.552. The zero-order valence-corrected chi connectivity index (χ0v) is 14.2. The molecule has 1 spiro atoms. The highest BCUT2D eigenvalue weighted by Gasteiger charge is 2.64. The highest BCUT2D eigenvalue weighted by atomic mass is 16.4. The molecule has 0 aromatic carbocycles. The average Bonchev–Trinajstić information content (AvgIpc) is 2.68. The number of fused-ring (bicyclic) bond motifs is 3. The fraction of sp³-hybridized carbons (Fsp3) is 0.850. The van der Waals surface area contributed by atoms with Gasteiger partial charge in [-0.25, -0.2) is 0 Å². The molecule has 0 saturated heterocycles. The molecule has 2 bridgehead atoms. The number of carboxylic acid groups (broad SMARTS) is 1. The first kappa shape index (κ1) is 14.8. The Morgan fingerprint density at radius 3 is 2.64 bits per heavy atom. The molecule has 0 heterocycles. The number of carboxylic acids is 1. The van der Waals surface area contributed by atoms with Crippen molar-refractivity contribution in [3.8, 4) is 0 Å². The summed E-state index contributed by atoms with van der Waals surface area (Å²) in [5.41, 5.74) is 1.71. The van der Waals surface area contributed by atoms with Crippen LogP contribution in [-0.2, 0) is 4.79 Å². The second kappa shape index (κ2) is 4.39. The molecule has 6 atom stereocenters. The van der Waals surface area contributed by atoms with Crippen LogP contribution in [0.2, 0.25) is 0 Å². The molecule has 0 aliphatic heterocycles. The number of allylic oxidation sites excluding steroid dienone is 1. The summed E-state index contributed by atoms with van der Waals surface area (Å²) in [5, 5.41) is 9.90. The summed E-state index contributed by atoms with van der Waals surface area (Å²) in [6, 6.07) is 0. The van der Waals surface area contributed by atoms with E-state index in [-0.39, 0.29) is 5.41 Å². The molecule has 2 heteroatoms. The molecule has 1 N–H and O–H groups in total. The van der Waals surface area contributed by atoms with Gasteiger partial charge in [0.15, 0.2) is 0 Å². The van der Waals surface area contributed by atoms with Gasteiger partial charge in [0.1, 0.15) is 0 Å². The highest BCUT2D eigenvalue weighted by molar-refractivity contribution is 5.75. The van der Waals surface area contributed by atoms with Crippen molar-refractivity contribution in [1.82, 2.24) is 0 Å². The van der Waals surface area contributed by atoms with Crippen LogP contribution in [0.4, 0.5) is 0 Å². The third-order valence-electron chi connectivity index (χ3n) is 8.54. The molecule has 22 heavy (non-hydrogen) atoms. The molecular formula is C20H30O2. The molecular weight excluding hydrogens is 272 g/mol. The van der Waals surface area contributed by atoms with Crippen molar-refractivity contribution in [2.45, 2.75) is 71.6 Å². The zero-order chi connectivity index (χ0) is 15.8. The van der Waals surface area contributed by atoms with Crippen molar-refractivity contribution in [3.05, 3.63) is 12.2 Å². The lowest BCUT2D eigenvalue weighted by Gasteiger charge is -2.63. The van der Waals surface area contributed by atoms with E-state index >= 15 is 0 Å². The Bertz CT molecular complexity index is 538. The molecule has 4 fully saturated rings. The largest absolute Gasteiger partial charge is 0.481 e. The molecule has 4 saturated carbocycles. The van der Waals surface area contributed by atoms with Crippen LogP contribution in [0.5, 0.6) is 0 Å². The van der Waals surface area contributed by atoms with Gasteiger partial charge in [-0.1, -0.05) is 25.5 Å². The van der Waals surface area contributed by atoms with Gasteiger partial charge >= 0.3 is 5.97 Å². The molecule has 122 valence electrons. The van der Waals surface area contributed by atoms with E-state index in [1.807, 2.05) is 6.92 Å². The Labute approximate surface area is 134 Å². The quantitative estimate of drug-likeness (QED) is 0.689. The van der Waals surface area contributed by atoms with Crippen molar-refractivity contribution < 1.29 is 9.90 Å². The van der Waals surface area contributed by atoms with Gasteiger partial charge in [-0.15, -0.1) is 0 Å². The van der Waals surface area contributed by atoms with Crippen LogP contribution in [-0.4, -0.2) is 11.1 Å². The van der Waals surface area contributed by atoms with E-state index in [4.69, 9.17) is 0 Å². The third kappa shape index (κ3) is 1.65. The molecule has 2 nitrogen and oxygen atoms in total. The number of aliphatic carboxylic acids is 1. The standard InChI is InChI=1S/C20H30O2/c1-13-11-20-10-7-15-18(2,16(20)6-5-14(13)12-20)8-4-9-19(15,3)17(21)22/h14-16H,1,4-12H2,2-3H3,(H,21,22)/t14?,15?,16?,18-,19?,20?/m1/s1. The predicted octanol–water partition coefficient (Wildman–Crippen LogP) is 5.04. The van der Waals surface area contributed by atoms with E-state index in [1.165, 1.54) is 44.1 Å². The first-order valence-corrected chi connectivity index (χ1v) is 9.23. The molecule has 4 aliphatic rings. The van der Waals surface area contributed by atoms with Crippen LogP contribution in [0.3, 0.4) is 0 Å². The van der Waals surface area contributed by atoms with E-state index in [9.17, 15) is 9.90 Å². The van der Waals surface area contributed by atoms with E-state index in [1.54, 1.807) is 0 Å². The molecule has 0 aromatic heterocycles. The van der Waals surface area contributed by atoms with Gasteiger partial charge in [-0.3, -0.25) is 4.79 Å². The van der Waals surface area contributed by atoms with Crippen molar-refractivity contribution in [1.29, 1.82) is 0 Å². The Hall–Kier alpha value is -0.790. The Morgan fingerprint density at radius 1 is 1.14 bits per heavy atom. The number of carbonyl (C=O) groups is 1. The van der Waals surface area contributed by atoms with Crippen LogP contribution >= 0.6 is 0 Å². The lowest BCUT2D eigenvalue weighted by atomic mass is 9.41. The highest BCUT2D eigenvalue weighted by Crippen LogP contribution is 2.72. The zero-order valence-electron chi connectivity index (χ0n) is 14.2. The summed E-state index contributed by atoms with van der Waals surface area (Å²) in [6.07, 6.45) is 10.8. The third-order valence-corrected chi connectivity index (χ3v) is 8.54. The summed E-state index contributed by atoms with van der Waals surface area (Å²) >= 11 is 0. The minimum Gasteiger partial charge on any atom is -0.481 e. The summed E-state index contributed by atoms with van der Waals surface area (Å²) in [7, 11) is 0. The molecule has 0 amide bonds. The van der Waals surface area contributed by atoms with Gasteiger partial charge in [0.25, 0.3) is 0 Å². The first-order valence-electron chi connectivity index (χ1n) is 9.23. The number of rotatable bonds is 1. The van der Waals surface area contributed by atoms with Crippen molar-refractivity contribution in [2.24, 2.45) is 34.0 Å². The summed E-state index contributed by atoms with van der Waals surface area (Å²) in [5.74, 6) is 1.32. The summed E-state index contributed by atoms with van der Waals surface area (Å²) < 4.78 is 0. The number of hydrogen-bond acceptors (Lipinski definition) is 1. The Kier molecular flexibility index (Phi) is 2.95. The first-order chi connectivity index (χ1) is 10.3. The van der Waals surface area contributed by atoms with E-state index < -0.39 is 11.4 Å². The van der Waals surface area contributed by atoms with Crippen LogP contribution in [0, 0.1) is 34.0 Å². The van der Waals surface area contributed by atoms with Gasteiger partial charge in [0.05, 0.1) is 5.41 Å². The molecule has 0 aromatic rings. The summed E-state index contributed by atoms with van der Waals surface area (Å²) in [6.45, 7) is 8.86. The lowest BCUT2D eigenvalue weighted by Crippen LogP contribution is -2.58. The van der Waals surface area contributed by atoms with E-state index in [2.05, 4.69) is 13.5 Å².